The minimum atomic E-state index is -0.0800. The van der Waals surface area contributed by atoms with Crippen LogP contribution in [0, 0.1) is 0 Å². The average Bonchev–Trinajstić information content (AvgIpc) is 2.59. The zero-order valence-corrected chi connectivity index (χ0v) is 14.8. The lowest BCUT2D eigenvalue weighted by atomic mass is 10.2. The van der Waals surface area contributed by atoms with E-state index in [4.69, 9.17) is 11.6 Å². The molecule has 5 nitrogen and oxygen atoms in total. The zero-order valence-electron chi connectivity index (χ0n) is 14.1. The van der Waals surface area contributed by atoms with E-state index in [1.54, 1.807) is 12.4 Å². The van der Waals surface area contributed by atoms with Crippen molar-refractivity contribution in [2.75, 3.05) is 27.2 Å². The number of urea groups is 1. The number of rotatable bonds is 7. The van der Waals surface area contributed by atoms with Gasteiger partial charge in [0.2, 0.25) is 0 Å². The molecule has 0 aliphatic heterocycles. The Labute approximate surface area is 148 Å². The topological polar surface area (TPSA) is 48.5 Å². The van der Waals surface area contributed by atoms with Crippen molar-refractivity contribution in [1.82, 2.24) is 20.1 Å². The second kappa shape index (κ2) is 9.25. The molecule has 0 spiro atoms. The lowest BCUT2D eigenvalue weighted by Crippen LogP contribution is -2.42. The summed E-state index contributed by atoms with van der Waals surface area (Å²) in [5, 5.41) is 3.66. The zero-order chi connectivity index (χ0) is 17.4. The lowest BCUT2D eigenvalue weighted by Gasteiger charge is -2.25. The molecule has 0 unspecified atom stereocenters. The van der Waals surface area contributed by atoms with Gasteiger partial charge in [-0.15, -0.1) is 0 Å². The van der Waals surface area contributed by atoms with Crippen LogP contribution in [0.4, 0.5) is 4.79 Å². The molecule has 1 aromatic heterocycles. The molecule has 0 atom stereocenters. The highest BCUT2D eigenvalue weighted by Gasteiger charge is 2.14. The summed E-state index contributed by atoms with van der Waals surface area (Å²) in [6.07, 6.45) is 3.44. The summed E-state index contributed by atoms with van der Waals surface area (Å²) < 4.78 is 0. The maximum absolute atomic E-state index is 12.6. The normalized spacial score (nSPS) is 10.7. The molecule has 1 aromatic carbocycles. The van der Waals surface area contributed by atoms with E-state index in [0.717, 1.165) is 17.7 Å². The molecule has 0 saturated carbocycles. The largest absolute Gasteiger partial charge is 0.334 e. The highest BCUT2D eigenvalue weighted by molar-refractivity contribution is 6.30. The lowest BCUT2D eigenvalue weighted by molar-refractivity contribution is 0.188. The minimum absolute atomic E-state index is 0.0800. The monoisotopic (exact) mass is 346 g/mol. The third kappa shape index (κ3) is 6.18. The van der Waals surface area contributed by atoms with E-state index in [9.17, 15) is 4.79 Å². The van der Waals surface area contributed by atoms with Crippen LogP contribution in [0.3, 0.4) is 0 Å². The molecule has 0 fully saturated rings. The number of carbonyl (C=O) groups excluding carboxylic acids is 1. The summed E-state index contributed by atoms with van der Waals surface area (Å²) in [5.74, 6) is 0. The molecule has 128 valence electrons. The summed E-state index contributed by atoms with van der Waals surface area (Å²) in [6.45, 7) is 2.49. The van der Waals surface area contributed by atoms with Crippen LogP contribution in [0.25, 0.3) is 0 Å². The summed E-state index contributed by atoms with van der Waals surface area (Å²) in [5.41, 5.74) is 2.08. The molecule has 0 saturated heterocycles. The van der Waals surface area contributed by atoms with Gasteiger partial charge < -0.3 is 15.1 Å². The molecule has 0 radical (unpaired) electrons. The van der Waals surface area contributed by atoms with Crippen LogP contribution in [0.1, 0.15) is 11.1 Å². The number of aromatic nitrogens is 1. The van der Waals surface area contributed by atoms with Crippen LogP contribution >= 0.6 is 11.6 Å². The number of amides is 2. The summed E-state index contributed by atoms with van der Waals surface area (Å²) >= 11 is 5.93. The van der Waals surface area contributed by atoms with Gasteiger partial charge in [-0.2, -0.15) is 0 Å². The van der Waals surface area contributed by atoms with Crippen LogP contribution in [0.5, 0.6) is 0 Å². The first-order valence-electron chi connectivity index (χ1n) is 7.85. The third-order valence-corrected chi connectivity index (χ3v) is 3.84. The predicted octanol–water partition coefficient (Wildman–Crippen LogP) is 3.01. The van der Waals surface area contributed by atoms with Crippen molar-refractivity contribution in [2.45, 2.75) is 13.1 Å². The molecule has 24 heavy (non-hydrogen) atoms. The molecule has 2 rings (SSSR count). The Bertz CT molecular complexity index is 631. The number of hydrogen-bond donors (Lipinski definition) is 1. The quantitative estimate of drug-likeness (QED) is 0.838. The van der Waals surface area contributed by atoms with Gasteiger partial charge >= 0.3 is 6.03 Å². The Morgan fingerprint density at radius 2 is 1.71 bits per heavy atom. The van der Waals surface area contributed by atoms with Crippen molar-refractivity contribution in [3.8, 4) is 0 Å². The molecule has 0 bridgehead atoms. The minimum Gasteiger partial charge on any atom is -0.334 e. The van der Waals surface area contributed by atoms with Crippen molar-refractivity contribution in [1.29, 1.82) is 0 Å². The SMILES string of the molecule is CN(C)CCN(Cc1ccc(Cl)cc1)C(=O)NCc1ccncc1. The highest BCUT2D eigenvalue weighted by Crippen LogP contribution is 2.12. The van der Waals surface area contributed by atoms with E-state index in [1.807, 2.05) is 55.4 Å². The Morgan fingerprint density at radius 3 is 2.33 bits per heavy atom. The number of hydrogen-bond acceptors (Lipinski definition) is 3. The van der Waals surface area contributed by atoms with Gasteiger partial charge in [0.25, 0.3) is 0 Å². The van der Waals surface area contributed by atoms with Crippen LogP contribution in [-0.4, -0.2) is 48.0 Å². The fourth-order valence-electron chi connectivity index (χ4n) is 2.17. The second-order valence-electron chi connectivity index (χ2n) is 5.87. The predicted molar refractivity (Wildman–Crippen MR) is 96.9 cm³/mol. The van der Waals surface area contributed by atoms with Crippen LogP contribution in [-0.2, 0) is 13.1 Å². The Balaban J connectivity index is 1.98. The van der Waals surface area contributed by atoms with Crippen molar-refractivity contribution in [3.63, 3.8) is 0 Å². The molecular weight excluding hydrogens is 324 g/mol. The maximum Gasteiger partial charge on any atom is 0.318 e. The summed E-state index contributed by atoms with van der Waals surface area (Å²) in [4.78, 5) is 20.4. The number of benzene rings is 1. The average molecular weight is 347 g/mol. The molecule has 1 heterocycles. The first kappa shape index (κ1) is 18.2. The van der Waals surface area contributed by atoms with Crippen molar-refractivity contribution in [3.05, 3.63) is 64.9 Å². The number of likely N-dealkylation sites (N-methyl/N-ethyl adjacent to an activating group) is 1. The van der Waals surface area contributed by atoms with E-state index in [2.05, 4.69) is 15.2 Å². The Morgan fingerprint density at radius 1 is 1.04 bits per heavy atom. The van der Waals surface area contributed by atoms with E-state index < -0.39 is 0 Å². The number of pyridine rings is 1. The number of nitrogens with zero attached hydrogens (tertiary/aromatic N) is 3. The first-order chi connectivity index (χ1) is 11.5. The van der Waals surface area contributed by atoms with Crippen LogP contribution in [0.2, 0.25) is 5.02 Å². The van der Waals surface area contributed by atoms with E-state index in [0.29, 0.717) is 24.7 Å². The molecule has 6 heteroatoms. The first-order valence-corrected chi connectivity index (χ1v) is 8.23. The van der Waals surface area contributed by atoms with Gasteiger partial charge in [-0.1, -0.05) is 23.7 Å². The molecule has 2 aromatic rings. The molecule has 0 aliphatic rings. The molecular formula is C18H23ClN4O. The molecule has 1 N–H and O–H groups in total. The number of nitrogens with one attached hydrogen (secondary N) is 1. The van der Waals surface area contributed by atoms with E-state index in [-0.39, 0.29) is 6.03 Å². The van der Waals surface area contributed by atoms with Gasteiger partial charge in [0.1, 0.15) is 0 Å². The van der Waals surface area contributed by atoms with Crippen molar-refractivity contribution in [2.24, 2.45) is 0 Å². The van der Waals surface area contributed by atoms with Gasteiger partial charge in [0.05, 0.1) is 0 Å². The maximum atomic E-state index is 12.6. The standard InChI is InChI=1S/C18H23ClN4O/c1-22(2)11-12-23(14-16-3-5-17(19)6-4-16)18(24)21-13-15-7-9-20-10-8-15/h3-10H,11-14H2,1-2H3,(H,21,24). The van der Waals surface area contributed by atoms with E-state index in [1.165, 1.54) is 0 Å². The molecule has 2 amide bonds. The van der Waals surface area contributed by atoms with Gasteiger partial charge in [-0.3, -0.25) is 4.98 Å². The summed E-state index contributed by atoms with van der Waals surface area (Å²) in [7, 11) is 3.99. The fraction of sp³-hybridized carbons (Fsp3) is 0.333. The van der Waals surface area contributed by atoms with Crippen LogP contribution in [0.15, 0.2) is 48.8 Å². The van der Waals surface area contributed by atoms with E-state index >= 15 is 0 Å². The van der Waals surface area contributed by atoms with Gasteiger partial charge in [0, 0.05) is 43.6 Å². The van der Waals surface area contributed by atoms with Crippen molar-refractivity contribution < 1.29 is 4.79 Å². The van der Waals surface area contributed by atoms with Gasteiger partial charge in [0.15, 0.2) is 0 Å². The Kier molecular flexibility index (Phi) is 7.03. The summed E-state index contributed by atoms with van der Waals surface area (Å²) in [6, 6.07) is 11.3. The fourth-order valence-corrected chi connectivity index (χ4v) is 2.30. The number of carbonyl (C=O) groups is 1. The van der Waals surface area contributed by atoms with Crippen LogP contribution < -0.4 is 5.32 Å². The highest BCUT2D eigenvalue weighted by atomic mass is 35.5. The number of halogens is 1. The second-order valence-corrected chi connectivity index (χ2v) is 6.30. The third-order valence-electron chi connectivity index (χ3n) is 3.58. The molecule has 0 aliphatic carbocycles. The van der Waals surface area contributed by atoms with Gasteiger partial charge in [-0.05, 0) is 49.5 Å². The Hall–Kier alpha value is -2.11. The van der Waals surface area contributed by atoms with Crippen molar-refractivity contribution >= 4 is 17.6 Å². The van der Waals surface area contributed by atoms with Gasteiger partial charge in [-0.25, -0.2) is 4.79 Å². The smallest absolute Gasteiger partial charge is 0.318 e.